The molecule has 0 aliphatic carbocycles. The minimum atomic E-state index is 0.324. The maximum absolute atomic E-state index is 5.03. The van der Waals surface area contributed by atoms with Gasteiger partial charge in [-0.2, -0.15) is 4.98 Å². The molecule has 1 heterocycles. The van der Waals surface area contributed by atoms with Crippen molar-refractivity contribution in [3.8, 4) is 11.9 Å². The fourth-order valence-corrected chi connectivity index (χ4v) is 1.19. The van der Waals surface area contributed by atoms with Crippen LogP contribution in [0.5, 0.6) is 11.9 Å². The molecular weight excluding hydrogens is 176 g/mol. The van der Waals surface area contributed by atoms with Crippen molar-refractivity contribution >= 4 is 11.8 Å². The highest BCUT2D eigenvalue weighted by Gasteiger charge is 2.05. The van der Waals surface area contributed by atoms with Gasteiger partial charge in [0.25, 0.3) is 0 Å². The smallest absolute Gasteiger partial charge is 0.319 e. The molecule has 0 aromatic carbocycles. The molecule has 0 radical (unpaired) electrons. The molecule has 0 spiro atoms. The summed E-state index contributed by atoms with van der Waals surface area (Å²) < 4.78 is 9.87. The van der Waals surface area contributed by atoms with Gasteiger partial charge in [0.15, 0.2) is 0 Å². The molecule has 1 aromatic heterocycles. The van der Waals surface area contributed by atoms with Gasteiger partial charge in [-0.05, 0) is 6.26 Å². The summed E-state index contributed by atoms with van der Waals surface area (Å²) in [5.41, 5.74) is 0. The van der Waals surface area contributed by atoms with E-state index < -0.39 is 0 Å². The molecule has 0 aliphatic rings. The Labute approximate surface area is 75.3 Å². The predicted molar refractivity (Wildman–Crippen MR) is 46.9 cm³/mol. The molecule has 0 bridgehead atoms. The van der Waals surface area contributed by atoms with Crippen LogP contribution in [0.25, 0.3) is 0 Å². The standard InChI is InChI=1S/C7H10N2O2S/c1-10-6-5(12-3)4-8-7(9-6)11-2/h4H,1-3H3. The third-order valence-electron chi connectivity index (χ3n) is 1.30. The van der Waals surface area contributed by atoms with Gasteiger partial charge in [-0.3, -0.25) is 0 Å². The summed E-state index contributed by atoms with van der Waals surface area (Å²) in [6, 6.07) is 0.324. The quantitative estimate of drug-likeness (QED) is 0.664. The van der Waals surface area contributed by atoms with Gasteiger partial charge in [-0.25, -0.2) is 4.98 Å². The Morgan fingerprint density at radius 2 is 2.08 bits per heavy atom. The van der Waals surface area contributed by atoms with Gasteiger partial charge >= 0.3 is 6.01 Å². The molecule has 0 atom stereocenters. The largest absolute Gasteiger partial charge is 0.480 e. The van der Waals surface area contributed by atoms with Gasteiger partial charge in [-0.1, -0.05) is 0 Å². The Kier molecular flexibility index (Phi) is 3.16. The molecule has 4 nitrogen and oxygen atoms in total. The van der Waals surface area contributed by atoms with Gasteiger partial charge in [0.2, 0.25) is 5.88 Å². The maximum Gasteiger partial charge on any atom is 0.319 e. The summed E-state index contributed by atoms with van der Waals surface area (Å²) in [6.07, 6.45) is 3.61. The average molecular weight is 186 g/mol. The van der Waals surface area contributed by atoms with Crippen molar-refractivity contribution in [3.05, 3.63) is 6.20 Å². The van der Waals surface area contributed by atoms with E-state index in [4.69, 9.17) is 9.47 Å². The first kappa shape index (κ1) is 9.12. The fourth-order valence-electron chi connectivity index (χ4n) is 0.724. The van der Waals surface area contributed by atoms with Crippen LogP contribution >= 0.6 is 11.8 Å². The number of ether oxygens (including phenoxy) is 2. The molecule has 0 N–H and O–H groups in total. The van der Waals surface area contributed by atoms with Crippen LogP contribution < -0.4 is 9.47 Å². The minimum absolute atomic E-state index is 0.324. The van der Waals surface area contributed by atoms with E-state index in [0.717, 1.165) is 4.90 Å². The Balaban J connectivity index is 3.02. The molecule has 1 rings (SSSR count). The molecule has 0 saturated heterocycles. The minimum Gasteiger partial charge on any atom is -0.480 e. The van der Waals surface area contributed by atoms with Gasteiger partial charge in [0.1, 0.15) is 0 Å². The lowest BCUT2D eigenvalue weighted by molar-refractivity contribution is 0.345. The summed E-state index contributed by atoms with van der Waals surface area (Å²) in [5.74, 6) is 0.550. The molecule has 12 heavy (non-hydrogen) atoms. The van der Waals surface area contributed by atoms with Crippen LogP contribution in [0.4, 0.5) is 0 Å². The second kappa shape index (κ2) is 4.15. The van der Waals surface area contributed by atoms with E-state index in [1.165, 1.54) is 18.9 Å². The fraction of sp³-hybridized carbons (Fsp3) is 0.429. The monoisotopic (exact) mass is 186 g/mol. The van der Waals surface area contributed by atoms with Gasteiger partial charge in [0.05, 0.1) is 25.3 Å². The first-order valence-corrected chi connectivity index (χ1v) is 4.53. The molecular formula is C7H10N2O2S. The van der Waals surface area contributed by atoms with Crippen molar-refractivity contribution in [3.63, 3.8) is 0 Å². The molecule has 0 amide bonds. The Hall–Kier alpha value is -0.970. The lowest BCUT2D eigenvalue weighted by Crippen LogP contribution is -1.96. The van der Waals surface area contributed by atoms with Crippen molar-refractivity contribution in [1.29, 1.82) is 0 Å². The second-order valence-electron chi connectivity index (χ2n) is 1.93. The Morgan fingerprint density at radius 1 is 1.33 bits per heavy atom. The van der Waals surface area contributed by atoms with Gasteiger partial charge in [0, 0.05) is 0 Å². The van der Waals surface area contributed by atoms with Gasteiger partial charge in [-0.15, -0.1) is 11.8 Å². The molecule has 0 aliphatic heterocycles. The van der Waals surface area contributed by atoms with Crippen molar-refractivity contribution in [1.82, 2.24) is 9.97 Å². The van der Waals surface area contributed by atoms with Crippen LogP contribution in [0.2, 0.25) is 0 Å². The van der Waals surface area contributed by atoms with Crippen molar-refractivity contribution in [2.45, 2.75) is 4.90 Å². The lowest BCUT2D eigenvalue weighted by atomic mass is 10.6. The summed E-state index contributed by atoms with van der Waals surface area (Å²) in [4.78, 5) is 8.85. The average Bonchev–Trinajstić information content (AvgIpc) is 2.16. The molecule has 66 valence electrons. The van der Waals surface area contributed by atoms with E-state index in [-0.39, 0.29) is 0 Å². The molecule has 0 saturated carbocycles. The Bertz CT molecular complexity index is 268. The SMILES string of the molecule is COc1ncc(SC)c(OC)n1. The number of nitrogens with zero attached hydrogens (tertiary/aromatic N) is 2. The van der Waals surface area contributed by atoms with Crippen LogP contribution in [0.15, 0.2) is 11.1 Å². The van der Waals surface area contributed by atoms with E-state index in [0.29, 0.717) is 11.9 Å². The molecule has 1 aromatic rings. The number of aromatic nitrogens is 2. The van der Waals surface area contributed by atoms with Crippen LogP contribution in [0.1, 0.15) is 0 Å². The van der Waals surface area contributed by atoms with E-state index in [2.05, 4.69) is 9.97 Å². The number of methoxy groups -OCH3 is 2. The molecule has 0 unspecified atom stereocenters. The number of hydrogen-bond acceptors (Lipinski definition) is 5. The highest BCUT2D eigenvalue weighted by Crippen LogP contribution is 2.25. The normalized spacial score (nSPS) is 9.58. The van der Waals surface area contributed by atoms with Crippen molar-refractivity contribution < 1.29 is 9.47 Å². The zero-order valence-electron chi connectivity index (χ0n) is 7.20. The lowest BCUT2D eigenvalue weighted by Gasteiger charge is -2.04. The van der Waals surface area contributed by atoms with Crippen molar-refractivity contribution in [2.24, 2.45) is 0 Å². The zero-order chi connectivity index (χ0) is 8.97. The van der Waals surface area contributed by atoms with Crippen LogP contribution in [0.3, 0.4) is 0 Å². The van der Waals surface area contributed by atoms with Crippen LogP contribution in [-0.2, 0) is 0 Å². The van der Waals surface area contributed by atoms with Crippen molar-refractivity contribution in [2.75, 3.05) is 20.5 Å². The molecule has 0 fully saturated rings. The van der Waals surface area contributed by atoms with E-state index in [1.54, 1.807) is 13.3 Å². The third kappa shape index (κ3) is 1.79. The van der Waals surface area contributed by atoms with Crippen LogP contribution in [0, 0.1) is 0 Å². The summed E-state index contributed by atoms with van der Waals surface area (Å²) in [7, 11) is 3.09. The molecule has 5 heteroatoms. The third-order valence-corrected chi connectivity index (χ3v) is 2.02. The second-order valence-corrected chi connectivity index (χ2v) is 2.78. The maximum atomic E-state index is 5.03. The van der Waals surface area contributed by atoms with E-state index >= 15 is 0 Å². The topological polar surface area (TPSA) is 44.2 Å². The summed E-state index contributed by atoms with van der Waals surface area (Å²) in [5, 5.41) is 0. The number of hydrogen-bond donors (Lipinski definition) is 0. The Morgan fingerprint density at radius 3 is 2.58 bits per heavy atom. The van der Waals surface area contributed by atoms with Gasteiger partial charge < -0.3 is 9.47 Å². The first-order valence-electron chi connectivity index (χ1n) is 3.30. The van der Waals surface area contributed by atoms with E-state index in [9.17, 15) is 0 Å². The highest BCUT2D eigenvalue weighted by atomic mass is 32.2. The first-order chi connectivity index (χ1) is 5.81. The summed E-state index contributed by atoms with van der Waals surface area (Å²) in [6.45, 7) is 0. The summed E-state index contributed by atoms with van der Waals surface area (Å²) >= 11 is 1.53. The number of rotatable bonds is 3. The highest BCUT2D eigenvalue weighted by molar-refractivity contribution is 7.98. The zero-order valence-corrected chi connectivity index (χ0v) is 8.01. The predicted octanol–water partition coefficient (Wildman–Crippen LogP) is 1.22. The van der Waals surface area contributed by atoms with Crippen LogP contribution in [-0.4, -0.2) is 30.4 Å². The van der Waals surface area contributed by atoms with E-state index in [1.807, 2.05) is 6.26 Å². The number of thioether (sulfide) groups is 1.